The molecule has 31 heavy (non-hydrogen) atoms. The summed E-state index contributed by atoms with van der Waals surface area (Å²) in [6.07, 6.45) is 1.80. The van der Waals surface area contributed by atoms with Crippen LogP contribution in [0.2, 0.25) is 0 Å². The van der Waals surface area contributed by atoms with E-state index in [1.165, 1.54) is 0 Å². The van der Waals surface area contributed by atoms with Crippen molar-refractivity contribution in [1.29, 1.82) is 0 Å². The summed E-state index contributed by atoms with van der Waals surface area (Å²) >= 11 is 0. The molecule has 0 bridgehead atoms. The number of nitrogens with one attached hydrogen (secondary N) is 2. The summed E-state index contributed by atoms with van der Waals surface area (Å²) in [7, 11) is 0. The number of benzene rings is 2. The van der Waals surface area contributed by atoms with E-state index in [0.29, 0.717) is 5.95 Å². The Kier molecular flexibility index (Phi) is 5.72. The molecule has 1 aliphatic heterocycles. The lowest BCUT2D eigenvalue weighted by Crippen LogP contribution is -2.39. The second kappa shape index (κ2) is 9.11. The minimum Gasteiger partial charge on any atom is -0.379 e. The third-order valence-corrected chi connectivity index (χ3v) is 5.28. The highest BCUT2D eigenvalue weighted by molar-refractivity contribution is 5.85. The number of para-hydroxylation sites is 2. The minimum absolute atomic E-state index is 0.533. The number of fused-ring (bicyclic) bond motifs is 1. The average Bonchev–Trinajstić information content (AvgIpc) is 3.25. The van der Waals surface area contributed by atoms with Crippen molar-refractivity contribution in [2.24, 2.45) is 0 Å². The standard InChI is InChI=1S/C23H25N7O/c1-3-7-18(8-4-1)26-23-27-21(24-11-12-29-13-15-31-16-14-29)20-22(28-23)30(17-25-20)19-9-5-2-6-10-19/h1-10,17H,11-16H2,(H2,24,26,27,28). The molecule has 0 atom stereocenters. The zero-order valence-corrected chi connectivity index (χ0v) is 17.2. The summed E-state index contributed by atoms with van der Waals surface area (Å²) in [6.45, 7) is 5.22. The minimum atomic E-state index is 0.533. The van der Waals surface area contributed by atoms with Crippen LogP contribution in [0.5, 0.6) is 0 Å². The molecule has 1 aliphatic rings. The van der Waals surface area contributed by atoms with E-state index in [1.807, 2.05) is 65.2 Å². The van der Waals surface area contributed by atoms with Gasteiger partial charge in [-0.3, -0.25) is 9.47 Å². The van der Waals surface area contributed by atoms with Gasteiger partial charge in [0.05, 0.1) is 13.2 Å². The highest BCUT2D eigenvalue weighted by Crippen LogP contribution is 2.25. The Bertz CT molecular complexity index is 1120. The van der Waals surface area contributed by atoms with Gasteiger partial charge in [0, 0.05) is 37.6 Å². The van der Waals surface area contributed by atoms with E-state index in [0.717, 1.165) is 67.7 Å². The lowest BCUT2D eigenvalue weighted by atomic mass is 10.3. The summed E-state index contributed by atoms with van der Waals surface area (Å²) in [5.41, 5.74) is 3.46. The second-order valence-corrected chi connectivity index (χ2v) is 7.39. The van der Waals surface area contributed by atoms with Gasteiger partial charge in [-0.1, -0.05) is 36.4 Å². The van der Waals surface area contributed by atoms with Crippen molar-refractivity contribution in [3.63, 3.8) is 0 Å². The van der Waals surface area contributed by atoms with Gasteiger partial charge in [-0.15, -0.1) is 0 Å². The highest BCUT2D eigenvalue weighted by atomic mass is 16.5. The van der Waals surface area contributed by atoms with Gasteiger partial charge >= 0.3 is 0 Å². The van der Waals surface area contributed by atoms with Gasteiger partial charge in [-0.2, -0.15) is 9.97 Å². The first kappa shape index (κ1) is 19.5. The topological polar surface area (TPSA) is 80.1 Å². The number of anilines is 3. The SMILES string of the molecule is c1ccc(Nc2nc(NCCN3CCOCC3)c3ncn(-c4ccccc4)c3n2)cc1. The zero-order valence-electron chi connectivity index (χ0n) is 17.2. The molecule has 2 N–H and O–H groups in total. The van der Waals surface area contributed by atoms with Crippen LogP contribution in [0.4, 0.5) is 17.5 Å². The molecular weight excluding hydrogens is 390 g/mol. The van der Waals surface area contributed by atoms with E-state index in [9.17, 15) is 0 Å². The van der Waals surface area contributed by atoms with E-state index in [1.54, 1.807) is 6.33 Å². The number of hydrogen-bond acceptors (Lipinski definition) is 7. The normalized spacial score (nSPS) is 14.6. The van der Waals surface area contributed by atoms with E-state index in [2.05, 4.69) is 20.5 Å². The Labute approximate surface area is 180 Å². The number of ether oxygens (including phenoxy) is 1. The van der Waals surface area contributed by atoms with Crippen LogP contribution in [-0.2, 0) is 4.74 Å². The maximum atomic E-state index is 5.44. The number of imidazole rings is 1. The summed E-state index contributed by atoms with van der Waals surface area (Å²) < 4.78 is 7.42. The fourth-order valence-corrected chi connectivity index (χ4v) is 3.66. The van der Waals surface area contributed by atoms with Crippen molar-refractivity contribution >= 4 is 28.6 Å². The van der Waals surface area contributed by atoms with E-state index < -0.39 is 0 Å². The molecule has 158 valence electrons. The number of hydrogen-bond donors (Lipinski definition) is 2. The first-order valence-corrected chi connectivity index (χ1v) is 10.5. The molecule has 0 amide bonds. The predicted molar refractivity (Wildman–Crippen MR) is 122 cm³/mol. The molecule has 0 unspecified atom stereocenters. The molecule has 4 aromatic rings. The first-order chi connectivity index (χ1) is 15.4. The molecule has 8 nitrogen and oxygen atoms in total. The average molecular weight is 416 g/mol. The Hall–Kier alpha value is -3.49. The summed E-state index contributed by atoms with van der Waals surface area (Å²) in [6, 6.07) is 20.0. The van der Waals surface area contributed by atoms with Crippen molar-refractivity contribution in [3.05, 3.63) is 67.0 Å². The summed E-state index contributed by atoms with van der Waals surface area (Å²) in [5.74, 6) is 1.26. The number of nitrogens with zero attached hydrogens (tertiary/aromatic N) is 5. The Balaban J connectivity index is 1.46. The van der Waals surface area contributed by atoms with Gasteiger partial charge in [-0.05, 0) is 24.3 Å². The Morgan fingerprint density at radius 2 is 1.65 bits per heavy atom. The van der Waals surface area contributed by atoms with E-state index in [-0.39, 0.29) is 0 Å². The molecule has 1 saturated heterocycles. The molecule has 0 radical (unpaired) electrons. The number of rotatable bonds is 7. The third-order valence-electron chi connectivity index (χ3n) is 5.28. The molecule has 2 aromatic heterocycles. The Morgan fingerprint density at radius 3 is 2.42 bits per heavy atom. The van der Waals surface area contributed by atoms with Crippen molar-refractivity contribution in [3.8, 4) is 5.69 Å². The van der Waals surface area contributed by atoms with Gasteiger partial charge < -0.3 is 15.4 Å². The molecular formula is C23H25N7O. The van der Waals surface area contributed by atoms with Crippen LogP contribution in [-0.4, -0.2) is 63.8 Å². The maximum Gasteiger partial charge on any atom is 0.231 e. The summed E-state index contributed by atoms with van der Waals surface area (Å²) in [5, 5.41) is 6.79. The molecule has 5 rings (SSSR count). The molecule has 0 saturated carbocycles. The van der Waals surface area contributed by atoms with Gasteiger partial charge in [0.25, 0.3) is 0 Å². The zero-order chi connectivity index (χ0) is 20.9. The molecule has 3 heterocycles. The van der Waals surface area contributed by atoms with Crippen molar-refractivity contribution in [1.82, 2.24) is 24.4 Å². The Morgan fingerprint density at radius 1 is 0.903 bits per heavy atom. The van der Waals surface area contributed by atoms with Gasteiger partial charge in [0.15, 0.2) is 17.0 Å². The summed E-state index contributed by atoms with van der Waals surface area (Å²) in [4.78, 5) is 16.5. The third kappa shape index (κ3) is 4.50. The second-order valence-electron chi connectivity index (χ2n) is 7.39. The monoisotopic (exact) mass is 415 g/mol. The quantitative estimate of drug-likeness (QED) is 0.479. The number of morpholine rings is 1. The van der Waals surface area contributed by atoms with Crippen molar-refractivity contribution in [2.45, 2.75) is 0 Å². The molecule has 8 heteroatoms. The number of aromatic nitrogens is 4. The lowest BCUT2D eigenvalue weighted by Gasteiger charge is -2.26. The first-order valence-electron chi connectivity index (χ1n) is 10.5. The van der Waals surface area contributed by atoms with Crippen molar-refractivity contribution < 1.29 is 4.74 Å². The van der Waals surface area contributed by atoms with Crippen LogP contribution in [0.1, 0.15) is 0 Å². The lowest BCUT2D eigenvalue weighted by molar-refractivity contribution is 0.0398. The maximum absolute atomic E-state index is 5.44. The predicted octanol–water partition coefficient (Wildman–Crippen LogP) is 3.30. The van der Waals surface area contributed by atoms with Gasteiger partial charge in [0.1, 0.15) is 6.33 Å². The van der Waals surface area contributed by atoms with Crippen LogP contribution in [0.3, 0.4) is 0 Å². The van der Waals surface area contributed by atoms with Crippen LogP contribution in [0.15, 0.2) is 67.0 Å². The largest absolute Gasteiger partial charge is 0.379 e. The molecule has 1 fully saturated rings. The van der Waals surface area contributed by atoms with Gasteiger partial charge in [0.2, 0.25) is 5.95 Å². The van der Waals surface area contributed by atoms with E-state index >= 15 is 0 Å². The van der Waals surface area contributed by atoms with Crippen molar-refractivity contribution in [2.75, 3.05) is 50.0 Å². The fourth-order valence-electron chi connectivity index (χ4n) is 3.66. The van der Waals surface area contributed by atoms with Crippen LogP contribution in [0, 0.1) is 0 Å². The highest BCUT2D eigenvalue weighted by Gasteiger charge is 2.15. The van der Waals surface area contributed by atoms with E-state index in [4.69, 9.17) is 14.7 Å². The van der Waals surface area contributed by atoms with Gasteiger partial charge in [-0.25, -0.2) is 4.98 Å². The van der Waals surface area contributed by atoms with Crippen LogP contribution >= 0.6 is 0 Å². The molecule has 2 aromatic carbocycles. The molecule has 0 spiro atoms. The smallest absolute Gasteiger partial charge is 0.231 e. The van der Waals surface area contributed by atoms with Crippen LogP contribution in [0.25, 0.3) is 16.9 Å². The molecule has 0 aliphatic carbocycles. The fraction of sp³-hybridized carbons (Fsp3) is 0.261. The van der Waals surface area contributed by atoms with Crippen LogP contribution < -0.4 is 10.6 Å².